The first-order valence-electron chi connectivity index (χ1n) is 3.17. The summed E-state index contributed by atoms with van der Waals surface area (Å²) < 4.78 is 1.88. The van der Waals surface area contributed by atoms with Gasteiger partial charge >= 0.3 is 0 Å². The molecule has 0 aliphatic carbocycles. The molecule has 0 saturated heterocycles. The lowest BCUT2D eigenvalue weighted by Crippen LogP contribution is -2.21. The van der Waals surface area contributed by atoms with Crippen molar-refractivity contribution in [2.75, 3.05) is 7.05 Å². The topological polar surface area (TPSA) is 30.2 Å². The van der Waals surface area contributed by atoms with Crippen molar-refractivity contribution in [3.63, 3.8) is 0 Å². The van der Waals surface area contributed by atoms with Crippen molar-refractivity contribution in [3.8, 4) is 0 Å². The Hall–Kier alpha value is -1.12. The molecule has 10 heavy (non-hydrogen) atoms. The predicted molar refractivity (Wildman–Crippen MR) is 39.4 cm³/mol. The van der Waals surface area contributed by atoms with Crippen LogP contribution in [0, 0.1) is 6.92 Å². The Kier molecular flexibility index (Phi) is 1.85. The first-order chi connectivity index (χ1) is 4.74. The summed E-state index contributed by atoms with van der Waals surface area (Å²) in [7, 11) is 3.66. The van der Waals surface area contributed by atoms with Gasteiger partial charge in [-0.2, -0.15) is 0 Å². The predicted octanol–water partition coefficient (Wildman–Crippen LogP) is 0.259. The van der Waals surface area contributed by atoms with Crippen molar-refractivity contribution in [1.82, 2.24) is 9.55 Å². The molecule has 0 amide bonds. The van der Waals surface area contributed by atoms with Crippen LogP contribution in [-0.4, -0.2) is 16.6 Å². The van der Waals surface area contributed by atoms with Crippen LogP contribution in [0.2, 0.25) is 0 Å². The average Bonchev–Trinajstić information content (AvgIpc) is 1.94. The van der Waals surface area contributed by atoms with Crippen molar-refractivity contribution in [2.24, 2.45) is 12.0 Å². The first-order valence-corrected chi connectivity index (χ1v) is 3.17. The van der Waals surface area contributed by atoms with Crippen molar-refractivity contribution in [2.45, 2.75) is 6.92 Å². The van der Waals surface area contributed by atoms with Gasteiger partial charge in [0.25, 0.3) is 0 Å². The third-order valence-electron chi connectivity index (χ3n) is 1.33. The van der Waals surface area contributed by atoms with Crippen LogP contribution in [0.3, 0.4) is 0 Å². The van der Waals surface area contributed by atoms with Crippen LogP contribution in [0.1, 0.15) is 5.69 Å². The summed E-state index contributed by atoms with van der Waals surface area (Å²) in [6.07, 6.45) is 1.95. The first kappa shape index (κ1) is 6.99. The summed E-state index contributed by atoms with van der Waals surface area (Å²) in [4.78, 5) is 8.17. The van der Waals surface area contributed by atoms with E-state index in [1.165, 1.54) is 0 Å². The largest absolute Gasteiger partial charge is 0.321 e. The van der Waals surface area contributed by atoms with E-state index >= 15 is 0 Å². The van der Waals surface area contributed by atoms with Gasteiger partial charge in [-0.15, -0.1) is 0 Å². The molecule has 1 aromatic heterocycles. The second kappa shape index (κ2) is 2.64. The number of nitrogens with zero attached hydrogens (tertiary/aromatic N) is 3. The number of hydrogen-bond acceptors (Lipinski definition) is 2. The van der Waals surface area contributed by atoms with Gasteiger partial charge < -0.3 is 4.57 Å². The Morgan fingerprint density at radius 3 is 2.80 bits per heavy atom. The molecule has 0 radical (unpaired) electrons. The highest BCUT2D eigenvalue weighted by Gasteiger charge is 1.86. The Balaban J connectivity index is 3.37. The number of aryl methyl sites for hydroxylation is 2. The zero-order valence-electron chi connectivity index (χ0n) is 6.50. The van der Waals surface area contributed by atoms with Gasteiger partial charge in [0.05, 0.1) is 0 Å². The van der Waals surface area contributed by atoms with Gasteiger partial charge in [0.15, 0.2) is 0 Å². The molecule has 54 valence electrons. The maximum Gasteiger partial charge on any atom is 0.224 e. The van der Waals surface area contributed by atoms with Gasteiger partial charge in [-0.1, -0.05) is 0 Å². The van der Waals surface area contributed by atoms with Crippen LogP contribution in [-0.2, 0) is 7.05 Å². The van der Waals surface area contributed by atoms with Gasteiger partial charge in [0.1, 0.15) is 0 Å². The molecule has 0 aliphatic rings. The normalized spacial score (nSPS) is 12.1. The zero-order valence-corrected chi connectivity index (χ0v) is 6.50. The second-order valence-corrected chi connectivity index (χ2v) is 2.20. The standard InChI is InChI=1S/C7H11N3/c1-6-4-5-10(3)7(8-2)9-6/h4-5H,1-3H3. The van der Waals surface area contributed by atoms with Gasteiger partial charge in [-0.3, -0.25) is 4.99 Å². The Morgan fingerprint density at radius 1 is 1.60 bits per heavy atom. The highest BCUT2D eigenvalue weighted by molar-refractivity contribution is 4.94. The molecule has 0 fully saturated rings. The molecule has 0 aromatic carbocycles. The van der Waals surface area contributed by atoms with Crippen LogP contribution in [0.4, 0.5) is 0 Å². The van der Waals surface area contributed by atoms with Crippen LogP contribution in [0.15, 0.2) is 17.3 Å². The summed E-state index contributed by atoms with van der Waals surface area (Å²) >= 11 is 0. The van der Waals surface area contributed by atoms with E-state index in [0.717, 1.165) is 11.3 Å². The minimum Gasteiger partial charge on any atom is -0.321 e. The fourth-order valence-electron chi connectivity index (χ4n) is 0.768. The summed E-state index contributed by atoms with van der Waals surface area (Å²) in [5.74, 6) is 0. The molecular formula is C7H11N3. The van der Waals surface area contributed by atoms with Gasteiger partial charge in [0.2, 0.25) is 5.62 Å². The maximum atomic E-state index is 4.19. The molecule has 1 rings (SSSR count). The molecular weight excluding hydrogens is 126 g/mol. The van der Waals surface area contributed by atoms with Gasteiger partial charge in [0, 0.05) is 26.0 Å². The third-order valence-corrected chi connectivity index (χ3v) is 1.33. The van der Waals surface area contributed by atoms with Gasteiger partial charge in [-0.05, 0) is 13.0 Å². The minimum absolute atomic E-state index is 0.764. The van der Waals surface area contributed by atoms with Crippen molar-refractivity contribution in [1.29, 1.82) is 0 Å². The van der Waals surface area contributed by atoms with Gasteiger partial charge in [-0.25, -0.2) is 4.98 Å². The van der Waals surface area contributed by atoms with Crippen LogP contribution in [0.25, 0.3) is 0 Å². The molecule has 0 atom stereocenters. The zero-order chi connectivity index (χ0) is 7.56. The Labute approximate surface area is 60.1 Å². The third kappa shape index (κ3) is 1.23. The molecule has 3 nitrogen and oxygen atoms in total. The molecule has 3 heteroatoms. The van der Waals surface area contributed by atoms with E-state index in [4.69, 9.17) is 0 Å². The lowest BCUT2D eigenvalue weighted by Gasteiger charge is -1.97. The summed E-state index contributed by atoms with van der Waals surface area (Å²) in [5.41, 5.74) is 1.76. The van der Waals surface area contributed by atoms with Crippen LogP contribution in [0.5, 0.6) is 0 Å². The summed E-state index contributed by atoms with van der Waals surface area (Å²) in [6.45, 7) is 1.95. The fourth-order valence-corrected chi connectivity index (χ4v) is 0.768. The fraction of sp³-hybridized carbons (Fsp3) is 0.429. The highest BCUT2D eigenvalue weighted by atomic mass is 15.1. The smallest absolute Gasteiger partial charge is 0.224 e. The monoisotopic (exact) mass is 137 g/mol. The summed E-state index contributed by atoms with van der Waals surface area (Å²) in [6, 6.07) is 1.95. The van der Waals surface area contributed by atoms with E-state index in [2.05, 4.69) is 9.98 Å². The Bertz CT molecular complexity index is 285. The van der Waals surface area contributed by atoms with E-state index in [-0.39, 0.29) is 0 Å². The molecule has 0 aliphatic heterocycles. The molecule has 0 saturated carbocycles. The van der Waals surface area contributed by atoms with E-state index in [1.807, 2.05) is 30.8 Å². The summed E-state index contributed by atoms with van der Waals surface area (Å²) in [5, 5.41) is 0. The molecule has 0 bridgehead atoms. The lowest BCUT2D eigenvalue weighted by molar-refractivity contribution is 0.764. The molecule has 1 heterocycles. The van der Waals surface area contributed by atoms with Crippen molar-refractivity contribution in [3.05, 3.63) is 23.6 Å². The second-order valence-electron chi connectivity index (χ2n) is 2.20. The number of aromatic nitrogens is 2. The minimum atomic E-state index is 0.764. The molecule has 0 N–H and O–H groups in total. The van der Waals surface area contributed by atoms with E-state index in [1.54, 1.807) is 7.05 Å². The molecule has 0 spiro atoms. The van der Waals surface area contributed by atoms with E-state index in [0.29, 0.717) is 0 Å². The van der Waals surface area contributed by atoms with E-state index < -0.39 is 0 Å². The lowest BCUT2D eigenvalue weighted by atomic mass is 10.5. The average molecular weight is 137 g/mol. The Morgan fingerprint density at radius 2 is 2.30 bits per heavy atom. The van der Waals surface area contributed by atoms with Crippen molar-refractivity contribution >= 4 is 0 Å². The number of rotatable bonds is 0. The number of hydrogen-bond donors (Lipinski definition) is 0. The molecule has 0 unspecified atom stereocenters. The molecule has 1 aromatic rings. The van der Waals surface area contributed by atoms with Crippen LogP contribution >= 0.6 is 0 Å². The van der Waals surface area contributed by atoms with E-state index in [9.17, 15) is 0 Å². The quantitative estimate of drug-likeness (QED) is 0.504. The maximum absolute atomic E-state index is 4.19. The SMILES string of the molecule is CN=c1nc(C)ccn1C. The van der Waals surface area contributed by atoms with Crippen LogP contribution < -0.4 is 5.62 Å². The highest BCUT2D eigenvalue weighted by Crippen LogP contribution is 1.82. The van der Waals surface area contributed by atoms with Crippen molar-refractivity contribution < 1.29 is 0 Å².